The second-order valence-electron chi connectivity index (χ2n) is 7.01. The molecule has 0 saturated carbocycles. The Morgan fingerprint density at radius 1 is 1.21 bits per heavy atom. The van der Waals surface area contributed by atoms with Gasteiger partial charge in [-0.05, 0) is 32.6 Å². The topological polar surface area (TPSA) is 75.6 Å². The van der Waals surface area contributed by atoms with Gasteiger partial charge in [-0.2, -0.15) is 0 Å². The number of carbonyl (C=O) groups is 2. The highest BCUT2D eigenvalue weighted by Crippen LogP contribution is 2.24. The maximum Gasteiger partial charge on any atom is 0.309 e. The number of rotatable bonds is 10. The lowest BCUT2D eigenvalue weighted by Crippen LogP contribution is -2.41. The van der Waals surface area contributed by atoms with E-state index in [1.165, 1.54) is 11.8 Å². The van der Waals surface area contributed by atoms with Crippen molar-refractivity contribution in [1.82, 2.24) is 14.9 Å². The van der Waals surface area contributed by atoms with Crippen LogP contribution in [0.25, 0.3) is 0 Å². The van der Waals surface area contributed by atoms with Crippen LogP contribution in [0.1, 0.15) is 46.5 Å². The first-order valence-corrected chi connectivity index (χ1v) is 11.7. The highest BCUT2D eigenvalue weighted by atomic mass is 35.5. The monoisotopic (exact) mass is 442 g/mol. The van der Waals surface area contributed by atoms with E-state index in [1.54, 1.807) is 17.9 Å². The maximum absolute atomic E-state index is 12.6. The van der Waals surface area contributed by atoms with E-state index in [-0.39, 0.29) is 23.5 Å². The van der Waals surface area contributed by atoms with E-state index in [0.717, 1.165) is 31.7 Å². The molecule has 29 heavy (non-hydrogen) atoms. The Hall–Kier alpha value is -1.54. The van der Waals surface area contributed by atoms with Crippen LogP contribution < -0.4 is 4.90 Å². The van der Waals surface area contributed by atoms with Crippen molar-refractivity contribution in [3.63, 3.8) is 0 Å². The smallest absolute Gasteiger partial charge is 0.309 e. The van der Waals surface area contributed by atoms with Gasteiger partial charge in [0.05, 0.1) is 18.3 Å². The van der Waals surface area contributed by atoms with E-state index in [4.69, 9.17) is 16.3 Å². The minimum Gasteiger partial charge on any atom is -0.466 e. The van der Waals surface area contributed by atoms with Crippen LogP contribution in [-0.2, 0) is 14.3 Å². The summed E-state index contributed by atoms with van der Waals surface area (Å²) in [5.41, 5.74) is 0. The molecule has 1 amide bonds. The lowest BCUT2D eigenvalue weighted by atomic mass is 9.97. The van der Waals surface area contributed by atoms with Gasteiger partial charge in [0.1, 0.15) is 11.0 Å². The minimum atomic E-state index is -0.155. The fourth-order valence-corrected chi connectivity index (χ4v) is 4.32. The number of amides is 1. The van der Waals surface area contributed by atoms with E-state index < -0.39 is 0 Å². The summed E-state index contributed by atoms with van der Waals surface area (Å²) < 4.78 is 5.08. The number of thioether (sulfide) groups is 1. The fourth-order valence-electron chi connectivity index (χ4n) is 3.34. The van der Waals surface area contributed by atoms with Gasteiger partial charge >= 0.3 is 5.97 Å². The van der Waals surface area contributed by atoms with Gasteiger partial charge in [-0.25, -0.2) is 9.97 Å². The number of anilines is 1. The number of carbonyl (C=O) groups excluding carboxylic acids is 2. The van der Waals surface area contributed by atoms with Crippen molar-refractivity contribution in [2.45, 2.75) is 51.6 Å². The normalized spacial score (nSPS) is 14.7. The summed E-state index contributed by atoms with van der Waals surface area (Å²) in [7, 11) is 0. The van der Waals surface area contributed by atoms with Crippen LogP contribution in [0.5, 0.6) is 0 Å². The van der Waals surface area contributed by atoms with Gasteiger partial charge in [0.25, 0.3) is 0 Å². The highest BCUT2D eigenvalue weighted by molar-refractivity contribution is 7.99. The van der Waals surface area contributed by atoms with Crippen molar-refractivity contribution in [2.75, 3.05) is 43.4 Å². The third kappa shape index (κ3) is 7.33. The summed E-state index contributed by atoms with van der Waals surface area (Å²) in [6, 6.07) is 1.78. The number of halogens is 1. The lowest BCUT2D eigenvalue weighted by molar-refractivity contribution is -0.151. The average Bonchev–Trinajstić information content (AvgIpc) is 2.71. The first-order chi connectivity index (χ1) is 14.0. The number of piperidine rings is 1. The summed E-state index contributed by atoms with van der Waals surface area (Å²) >= 11 is 7.50. The van der Waals surface area contributed by atoms with Crippen LogP contribution in [-0.4, -0.2) is 65.3 Å². The first-order valence-electron chi connectivity index (χ1n) is 10.3. The standard InChI is InChI=1S/C20H31ClN4O3S/c1-4-9-24(10-5-2)17-13-16(21)22-20(23-17)29-14-18(26)25-11-7-15(8-12-25)19(27)28-6-3/h13,15H,4-12,14H2,1-3H3. The molecular weight excluding hydrogens is 412 g/mol. The Balaban J connectivity index is 1.91. The van der Waals surface area contributed by atoms with E-state index in [2.05, 4.69) is 28.7 Å². The van der Waals surface area contributed by atoms with Crippen LogP contribution in [0, 0.1) is 5.92 Å². The fraction of sp³-hybridized carbons (Fsp3) is 0.700. The zero-order valence-electron chi connectivity index (χ0n) is 17.5. The van der Waals surface area contributed by atoms with Crippen LogP contribution >= 0.6 is 23.4 Å². The molecule has 2 heterocycles. The minimum absolute atomic E-state index is 0.0291. The van der Waals surface area contributed by atoms with Gasteiger partial charge < -0.3 is 14.5 Å². The number of hydrogen-bond donors (Lipinski definition) is 0. The number of nitrogens with zero attached hydrogens (tertiary/aromatic N) is 4. The van der Waals surface area contributed by atoms with Crippen molar-refractivity contribution in [2.24, 2.45) is 5.92 Å². The molecule has 0 N–H and O–H groups in total. The van der Waals surface area contributed by atoms with Crippen molar-refractivity contribution in [1.29, 1.82) is 0 Å². The molecule has 0 aromatic carbocycles. The van der Waals surface area contributed by atoms with Gasteiger partial charge in [-0.15, -0.1) is 0 Å². The number of esters is 1. The van der Waals surface area contributed by atoms with Crippen molar-refractivity contribution >= 4 is 41.1 Å². The predicted octanol–water partition coefficient (Wildman–Crippen LogP) is 3.65. The molecular formula is C20H31ClN4O3S. The number of hydrogen-bond acceptors (Lipinski definition) is 7. The van der Waals surface area contributed by atoms with Crippen molar-refractivity contribution in [3.8, 4) is 0 Å². The predicted molar refractivity (Wildman–Crippen MR) is 116 cm³/mol. The second kappa shape index (κ2) is 12.2. The van der Waals surface area contributed by atoms with Crippen molar-refractivity contribution < 1.29 is 14.3 Å². The Morgan fingerprint density at radius 2 is 1.86 bits per heavy atom. The molecule has 1 aromatic rings. The van der Waals surface area contributed by atoms with Gasteiger partial charge in [0.15, 0.2) is 5.16 Å². The number of likely N-dealkylation sites (tertiary alicyclic amines) is 1. The molecule has 0 bridgehead atoms. The van der Waals surface area contributed by atoms with Gasteiger partial charge in [0.2, 0.25) is 5.91 Å². The molecule has 0 unspecified atom stereocenters. The summed E-state index contributed by atoms with van der Waals surface area (Å²) in [4.78, 5) is 37.3. The molecule has 1 aliphatic heterocycles. The van der Waals surface area contributed by atoms with Crippen LogP contribution in [0.2, 0.25) is 5.15 Å². The maximum atomic E-state index is 12.6. The van der Waals surface area contributed by atoms with Crippen LogP contribution in [0.4, 0.5) is 5.82 Å². The molecule has 1 fully saturated rings. The lowest BCUT2D eigenvalue weighted by Gasteiger charge is -2.30. The van der Waals surface area contributed by atoms with E-state index in [0.29, 0.717) is 42.8 Å². The summed E-state index contributed by atoms with van der Waals surface area (Å²) in [5, 5.41) is 0.900. The number of aromatic nitrogens is 2. The Bertz CT molecular complexity index is 678. The first kappa shape index (κ1) is 23.7. The average molecular weight is 443 g/mol. The Labute approximate surface area is 182 Å². The van der Waals surface area contributed by atoms with E-state index in [9.17, 15) is 9.59 Å². The molecule has 162 valence electrons. The van der Waals surface area contributed by atoms with Gasteiger partial charge in [-0.3, -0.25) is 9.59 Å². The molecule has 7 nitrogen and oxygen atoms in total. The molecule has 1 aromatic heterocycles. The highest BCUT2D eigenvalue weighted by Gasteiger charge is 2.28. The molecule has 0 spiro atoms. The summed E-state index contributed by atoms with van der Waals surface area (Å²) in [6.45, 7) is 9.41. The Morgan fingerprint density at radius 3 is 2.45 bits per heavy atom. The molecule has 1 saturated heterocycles. The third-order valence-electron chi connectivity index (χ3n) is 4.76. The molecule has 9 heteroatoms. The second-order valence-corrected chi connectivity index (χ2v) is 8.34. The van der Waals surface area contributed by atoms with Crippen LogP contribution in [0.15, 0.2) is 11.2 Å². The molecule has 0 radical (unpaired) electrons. The summed E-state index contributed by atoms with van der Waals surface area (Å²) in [6.07, 6.45) is 3.33. The summed E-state index contributed by atoms with van der Waals surface area (Å²) in [5.74, 6) is 0.831. The van der Waals surface area contributed by atoms with Crippen molar-refractivity contribution in [3.05, 3.63) is 11.2 Å². The Kier molecular flexibility index (Phi) is 10.0. The zero-order chi connectivity index (χ0) is 21.2. The van der Waals surface area contributed by atoms with Gasteiger partial charge in [-0.1, -0.05) is 37.2 Å². The van der Waals surface area contributed by atoms with Crippen LogP contribution in [0.3, 0.4) is 0 Å². The molecule has 2 rings (SSSR count). The molecule has 1 aliphatic rings. The molecule has 0 atom stereocenters. The van der Waals surface area contributed by atoms with Gasteiger partial charge in [0, 0.05) is 32.2 Å². The number of ether oxygens (including phenoxy) is 1. The quantitative estimate of drug-likeness (QED) is 0.237. The SMILES string of the molecule is CCCN(CCC)c1cc(Cl)nc(SCC(=O)N2CCC(C(=O)OCC)CC2)n1. The molecule has 0 aliphatic carbocycles. The third-order valence-corrected chi connectivity index (χ3v) is 5.79. The van der Waals surface area contributed by atoms with E-state index in [1.807, 2.05) is 0 Å². The zero-order valence-corrected chi connectivity index (χ0v) is 19.1. The largest absolute Gasteiger partial charge is 0.466 e. The van der Waals surface area contributed by atoms with E-state index >= 15 is 0 Å².